The molecule has 1 heterocycles. The van der Waals surface area contributed by atoms with Gasteiger partial charge in [-0.1, -0.05) is 42.8 Å². The molecule has 3 heteroatoms. The van der Waals surface area contributed by atoms with Crippen LogP contribution in [0.1, 0.15) is 31.0 Å². The maximum Gasteiger partial charge on any atom is 0.167 e. The Bertz CT molecular complexity index is 459. The maximum atomic E-state index is 5.50. The minimum Gasteiger partial charge on any atom is -0.356 e. The molecule has 17 heavy (non-hydrogen) atoms. The lowest BCUT2D eigenvalue weighted by Crippen LogP contribution is -1.94. The number of nitrogens with zero attached hydrogens (tertiary/aromatic N) is 1. The van der Waals surface area contributed by atoms with E-state index in [1.807, 2.05) is 6.07 Å². The van der Waals surface area contributed by atoms with Crippen LogP contribution in [-0.4, -0.2) is 5.16 Å². The van der Waals surface area contributed by atoms with Crippen molar-refractivity contribution in [1.82, 2.24) is 5.16 Å². The number of aryl methyl sites for hydroxylation is 1. The summed E-state index contributed by atoms with van der Waals surface area (Å²) in [5, 5.41) is 3.88. The fourth-order valence-electron chi connectivity index (χ4n) is 1.76. The molecule has 0 aliphatic rings. The summed E-state index contributed by atoms with van der Waals surface area (Å²) >= 11 is 0. The second-order valence-corrected chi connectivity index (χ2v) is 4.19. The van der Waals surface area contributed by atoms with Crippen molar-refractivity contribution in [1.29, 1.82) is 0 Å². The predicted octanol–water partition coefficient (Wildman–Crippen LogP) is 3.14. The van der Waals surface area contributed by atoms with Gasteiger partial charge < -0.3 is 10.3 Å². The topological polar surface area (TPSA) is 52.0 Å². The van der Waals surface area contributed by atoms with Crippen molar-refractivity contribution >= 4 is 0 Å². The minimum absolute atomic E-state index is 0.415. The Hall–Kier alpha value is -1.61. The van der Waals surface area contributed by atoms with E-state index in [2.05, 4.69) is 36.3 Å². The summed E-state index contributed by atoms with van der Waals surface area (Å²) < 4.78 is 5.23. The molecule has 2 aromatic rings. The first-order chi connectivity index (χ1) is 8.33. The van der Waals surface area contributed by atoms with Crippen LogP contribution in [0.25, 0.3) is 11.3 Å². The molecule has 0 atom stereocenters. The Morgan fingerprint density at radius 2 is 2.00 bits per heavy atom. The summed E-state index contributed by atoms with van der Waals surface area (Å²) in [4.78, 5) is 0. The van der Waals surface area contributed by atoms with Gasteiger partial charge in [0.05, 0.1) is 5.69 Å². The Morgan fingerprint density at radius 1 is 1.24 bits per heavy atom. The van der Waals surface area contributed by atoms with Gasteiger partial charge in [0, 0.05) is 18.2 Å². The molecule has 0 fully saturated rings. The Balaban J connectivity index is 2.11. The summed E-state index contributed by atoms with van der Waals surface area (Å²) in [6.45, 7) is 2.62. The van der Waals surface area contributed by atoms with Crippen LogP contribution in [0.5, 0.6) is 0 Å². The van der Waals surface area contributed by atoms with E-state index >= 15 is 0 Å². The second-order valence-electron chi connectivity index (χ2n) is 4.19. The number of nitrogens with two attached hydrogens (primary N) is 1. The lowest BCUT2D eigenvalue weighted by molar-refractivity contribution is 0.424. The Kier molecular flexibility index (Phi) is 3.94. The van der Waals surface area contributed by atoms with E-state index in [-0.39, 0.29) is 0 Å². The van der Waals surface area contributed by atoms with Crippen molar-refractivity contribution in [3.8, 4) is 11.3 Å². The average Bonchev–Trinajstić information content (AvgIpc) is 2.86. The fourth-order valence-corrected chi connectivity index (χ4v) is 1.76. The molecule has 0 bridgehead atoms. The van der Waals surface area contributed by atoms with E-state index < -0.39 is 0 Å². The maximum absolute atomic E-state index is 5.50. The molecule has 0 unspecified atom stereocenters. The third-order valence-electron chi connectivity index (χ3n) is 2.83. The van der Waals surface area contributed by atoms with Crippen LogP contribution in [0.15, 0.2) is 34.9 Å². The van der Waals surface area contributed by atoms with Crippen LogP contribution < -0.4 is 5.73 Å². The largest absolute Gasteiger partial charge is 0.356 e. The molecule has 2 N–H and O–H groups in total. The number of hydrogen-bond acceptors (Lipinski definition) is 3. The van der Waals surface area contributed by atoms with Crippen molar-refractivity contribution in [2.75, 3.05) is 0 Å². The van der Waals surface area contributed by atoms with E-state index in [9.17, 15) is 0 Å². The number of benzene rings is 1. The smallest absolute Gasteiger partial charge is 0.167 e. The molecule has 3 nitrogen and oxygen atoms in total. The molecule has 0 spiro atoms. The number of hydrogen-bond donors (Lipinski definition) is 1. The van der Waals surface area contributed by atoms with Crippen LogP contribution in [-0.2, 0) is 13.0 Å². The minimum atomic E-state index is 0.415. The second kappa shape index (κ2) is 5.64. The lowest BCUT2D eigenvalue weighted by atomic mass is 10.1. The lowest BCUT2D eigenvalue weighted by Gasteiger charge is -2.00. The average molecular weight is 230 g/mol. The molecule has 2 rings (SSSR count). The molecule has 0 aliphatic heterocycles. The van der Waals surface area contributed by atoms with E-state index in [4.69, 9.17) is 10.3 Å². The van der Waals surface area contributed by atoms with Gasteiger partial charge in [-0.25, -0.2) is 0 Å². The molecule has 90 valence electrons. The van der Waals surface area contributed by atoms with Gasteiger partial charge in [-0.3, -0.25) is 0 Å². The Morgan fingerprint density at radius 3 is 2.59 bits per heavy atom. The van der Waals surface area contributed by atoms with Crippen LogP contribution in [0.2, 0.25) is 0 Å². The summed E-state index contributed by atoms with van der Waals surface area (Å²) in [6, 6.07) is 10.3. The molecule has 0 aliphatic carbocycles. The van der Waals surface area contributed by atoms with E-state index in [0.717, 1.165) is 23.4 Å². The first-order valence-corrected chi connectivity index (χ1v) is 6.08. The molecule has 0 amide bonds. The van der Waals surface area contributed by atoms with Gasteiger partial charge >= 0.3 is 0 Å². The highest BCUT2D eigenvalue weighted by atomic mass is 16.5. The van der Waals surface area contributed by atoms with Gasteiger partial charge in [0.1, 0.15) is 0 Å². The van der Waals surface area contributed by atoms with E-state index in [1.165, 1.54) is 18.4 Å². The van der Waals surface area contributed by atoms with Gasteiger partial charge in [0.2, 0.25) is 0 Å². The molecule has 0 radical (unpaired) electrons. The van der Waals surface area contributed by atoms with Gasteiger partial charge in [0.15, 0.2) is 5.76 Å². The van der Waals surface area contributed by atoms with Crippen LogP contribution in [0, 0.1) is 0 Å². The SMILES string of the molecule is CCCCc1ccc(-c2cc(CN)no2)cc1. The third kappa shape index (κ3) is 2.94. The highest BCUT2D eigenvalue weighted by molar-refractivity contribution is 5.57. The predicted molar refractivity (Wildman–Crippen MR) is 68.4 cm³/mol. The molecule has 1 aromatic carbocycles. The molecule has 0 saturated carbocycles. The number of unbranched alkanes of at least 4 members (excludes halogenated alkanes) is 1. The molecule has 1 aromatic heterocycles. The zero-order valence-corrected chi connectivity index (χ0v) is 10.1. The van der Waals surface area contributed by atoms with Crippen molar-refractivity contribution in [3.05, 3.63) is 41.6 Å². The number of rotatable bonds is 5. The zero-order chi connectivity index (χ0) is 12.1. The van der Waals surface area contributed by atoms with Gasteiger partial charge in [-0.05, 0) is 18.4 Å². The van der Waals surface area contributed by atoms with Crippen LogP contribution >= 0.6 is 0 Å². The molecular weight excluding hydrogens is 212 g/mol. The fraction of sp³-hybridized carbons (Fsp3) is 0.357. The zero-order valence-electron chi connectivity index (χ0n) is 10.1. The molecule has 0 saturated heterocycles. The highest BCUT2D eigenvalue weighted by Gasteiger charge is 2.05. The quantitative estimate of drug-likeness (QED) is 0.858. The van der Waals surface area contributed by atoms with Crippen LogP contribution in [0.3, 0.4) is 0 Å². The summed E-state index contributed by atoms with van der Waals surface area (Å²) in [6.07, 6.45) is 3.60. The summed E-state index contributed by atoms with van der Waals surface area (Å²) in [5.41, 5.74) is 8.71. The van der Waals surface area contributed by atoms with Crippen molar-refractivity contribution < 1.29 is 4.52 Å². The summed E-state index contributed by atoms with van der Waals surface area (Å²) in [5.74, 6) is 0.785. The van der Waals surface area contributed by atoms with E-state index in [0.29, 0.717) is 6.54 Å². The first kappa shape index (κ1) is 11.9. The number of aromatic nitrogens is 1. The molecular formula is C14H18N2O. The normalized spacial score (nSPS) is 10.7. The monoisotopic (exact) mass is 230 g/mol. The van der Waals surface area contributed by atoms with Gasteiger partial charge in [0.25, 0.3) is 0 Å². The third-order valence-corrected chi connectivity index (χ3v) is 2.83. The van der Waals surface area contributed by atoms with Crippen LogP contribution in [0.4, 0.5) is 0 Å². The van der Waals surface area contributed by atoms with Crippen molar-refractivity contribution in [3.63, 3.8) is 0 Å². The van der Waals surface area contributed by atoms with E-state index in [1.54, 1.807) is 0 Å². The highest BCUT2D eigenvalue weighted by Crippen LogP contribution is 2.21. The van der Waals surface area contributed by atoms with Crippen molar-refractivity contribution in [2.45, 2.75) is 32.7 Å². The first-order valence-electron chi connectivity index (χ1n) is 6.08. The Labute approximate surface area is 102 Å². The standard InChI is InChI=1S/C14H18N2O/c1-2-3-4-11-5-7-12(8-6-11)14-9-13(10-15)16-17-14/h5-9H,2-4,10,15H2,1H3. The summed E-state index contributed by atoms with van der Waals surface area (Å²) in [7, 11) is 0. The van der Waals surface area contributed by atoms with Gasteiger partial charge in [-0.2, -0.15) is 0 Å². The van der Waals surface area contributed by atoms with Crippen molar-refractivity contribution in [2.24, 2.45) is 5.73 Å². The van der Waals surface area contributed by atoms with Gasteiger partial charge in [-0.15, -0.1) is 0 Å².